The summed E-state index contributed by atoms with van der Waals surface area (Å²) in [6.45, 7) is 3.30. The fourth-order valence-corrected chi connectivity index (χ4v) is 4.67. The fourth-order valence-electron chi connectivity index (χ4n) is 4.10. The number of amides is 1. The van der Waals surface area contributed by atoms with E-state index in [0.29, 0.717) is 41.8 Å². The molecule has 172 valence electrons. The van der Waals surface area contributed by atoms with E-state index in [9.17, 15) is 4.79 Å². The van der Waals surface area contributed by atoms with Crippen molar-refractivity contribution in [1.29, 1.82) is 0 Å². The molecule has 6 nitrogen and oxygen atoms in total. The number of hydrogen-bond donors (Lipinski definition) is 0. The van der Waals surface area contributed by atoms with Crippen molar-refractivity contribution in [2.45, 2.75) is 26.3 Å². The van der Waals surface area contributed by atoms with E-state index in [1.165, 1.54) is 22.7 Å². The molecule has 0 spiro atoms. The van der Waals surface area contributed by atoms with E-state index in [4.69, 9.17) is 9.47 Å². The molecular weight excluding hydrogens is 446 g/mol. The molecule has 1 amide bonds. The van der Waals surface area contributed by atoms with Crippen LogP contribution in [0.3, 0.4) is 0 Å². The third kappa shape index (κ3) is 4.79. The lowest BCUT2D eigenvalue weighted by Gasteiger charge is -2.29. The maximum absolute atomic E-state index is 13.2. The summed E-state index contributed by atoms with van der Waals surface area (Å²) in [6.07, 6.45) is 1.46. The van der Waals surface area contributed by atoms with Crippen LogP contribution in [0.25, 0.3) is 0 Å². The van der Waals surface area contributed by atoms with Crippen LogP contribution in [-0.4, -0.2) is 33.8 Å². The Morgan fingerprint density at radius 2 is 1.91 bits per heavy atom. The minimum absolute atomic E-state index is 0.00957. The summed E-state index contributed by atoms with van der Waals surface area (Å²) in [5.41, 5.74) is 5.14. The Bertz CT molecular complexity index is 1330. The van der Waals surface area contributed by atoms with E-state index in [2.05, 4.69) is 27.6 Å². The number of aromatic nitrogens is 2. The first-order valence-electron chi connectivity index (χ1n) is 11.2. The van der Waals surface area contributed by atoms with Gasteiger partial charge in [0.2, 0.25) is 0 Å². The number of nitrogens with zero attached hydrogens (tertiary/aromatic N) is 3. The quantitative estimate of drug-likeness (QED) is 0.375. The van der Waals surface area contributed by atoms with Gasteiger partial charge in [0.25, 0.3) is 11.1 Å². The normalized spacial score (nSPS) is 12.8. The van der Waals surface area contributed by atoms with E-state index >= 15 is 0 Å². The van der Waals surface area contributed by atoms with Crippen LogP contribution in [0.1, 0.15) is 38.4 Å². The molecule has 0 saturated carbocycles. The highest BCUT2D eigenvalue weighted by molar-refractivity contribution is 7.07. The van der Waals surface area contributed by atoms with Crippen molar-refractivity contribution in [1.82, 2.24) is 14.3 Å². The second-order valence-electron chi connectivity index (χ2n) is 8.33. The molecule has 0 N–H and O–H groups in total. The van der Waals surface area contributed by atoms with Crippen LogP contribution in [0.4, 0.5) is 0 Å². The Balaban J connectivity index is 1.29. The summed E-state index contributed by atoms with van der Waals surface area (Å²) in [4.78, 5) is 19.7. The standard InChI is InChI=1S/C27H25N3O3S/c1-18-10-11-21(26(31)30-13-12-20-7-3-4-8-22(20)17-30)16-24(18)33-27-28-25(29-34-27)15-19-6-5-9-23(14-19)32-2/h3-11,14,16H,12-13,15,17H2,1-2H3. The second-order valence-corrected chi connectivity index (χ2v) is 9.05. The molecule has 34 heavy (non-hydrogen) atoms. The van der Waals surface area contributed by atoms with Gasteiger partial charge in [-0.2, -0.15) is 9.36 Å². The molecule has 0 unspecified atom stereocenters. The van der Waals surface area contributed by atoms with Crippen LogP contribution in [0.5, 0.6) is 16.7 Å². The Labute approximate surface area is 203 Å². The number of methoxy groups -OCH3 is 1. The summed E-state index contributed by atoms with van der Waals surface area (Å²) < 4.78 is 15.8. The van der Waals surface area contributed by atoms with Crippen molar-refractivity contribution in [2.24, 2.45) is 0 Å². The molecule has 1 aliphatic rings. The maximum atomic E-state index is 13.2. The van der Waals surface area contributed by atoms with Gasteiger partial charge in [0.15, 0.2) is 5.82 Å². The molecule has 1 aliphatic heterocycles. The lowest BCUT2D eigenvalue weighted by Crippen LogP contribution is -2.35. The highest BCUT2D eigenvalue weighted by atomic mass is 32.1. The number of hydrogen-bond acceptors (Lipinski definition) is 6. The van der Waals surface area contributed by atoms with Crippen LogP contribution in [0, 0.1) is 6.92 Å². The van der Waals surface area contributed by atoms with Crippen molar-refractivity contribution < 1.29 is 14.3 Å². The maximum Gasteiger partial charge on any atom is 0.298 e. The smallest absolute Gasteiger partial charge is 0.298 e. The summed E-state index contributed by atoms with van der Waals surface area (Å²) >= 11 is 1.21. The van der Waals surface area contributed by atoms with Crippen LogP contribution >= 0.6 is 11.5 Å². The third-order valence-corrected chi connectivity index (χ3v) is 6.63. The SMILES string of the molecule is COc1cccc(Cc2nsc(Oc3cc(C(=O)N4CCc5ccccc5C4)ccc3C)n2)c1. The van der Waals surface area contributed by atoms with Crippen molar-refractivity contribution >= 4 is 17.4 Å². The lowest BCUT2D eigenvalue weighted by atomic mass is 9.99. The fraction of sp³-hybridized carbons (Fsp3) is 0.222. The summed E-state index contributed by atoms with van der Waals surface area (Å²) in [6, 6.07) is 21.7. The first-order valence-corrected chi connectivity index (χ1v) is 12.0. The highest BCUT2D eigenvalue weighted by Crippen LogP contribution is 2.29. The van der Waals surface area contributed by atoms with Gasteiger partial charge in [-0.25, -0.2) is 0 Å². The van der Waals surface area contributed by atoms with Gasteiger partial charge >= 0.3 is 0 Å². The molecule has 1 aromatic heterocycles. The van der Waals surface area contributed by atoms with Crippen LogP contribution < -0.4 is 9.47 Å². The first-order chi connectivity index (χ1) is 16.6. The number of rotatable bonds is 6. The zero-order valence-corrected chi connectivity index (χ0v) is 20.0. The Morgan fingerprint density at radius 1 is 1.06 bits per heavy atom. The summed E-state index contributed by atoms with van der Waals surface area (Å²) in [7, 11) is 1.65. The van der Waals surface area contributed by atoms with Gasteiger partial charge in [-0.1, -0.05) is 42.5 Å². The molecule has 4 aromatic rings. The molecule has 0 atom stereocenters. The van der Waals surface area contributed by atoms with Gasteiger partial charge in [-0.15, -0.1) is 0 Å². The molecule has 0 fully saturated rings. The summed E-state index contributed by atoms with van der Waals surface area (Å²) in [5.74, 6) is 2.12. The Kier molecular flexibility index (Phi) is 6.27. The van der Waals surface area contributed by atoms with E-state index in [1.54, 1.807) is 13.2 Å². The van der Waals surface area contributed by atoms with Gasteiger partial charge < -0.3 is 14.4 Å². The van der Waals surface area contributed by atoms with Crippen molar-refractivity contribution in [3.05, 3.63) is 100 Å². The van der Waals surface area contributed by atoms with Crippen molar-refractivity contribution in [2.75, 3.05) is 13.7 Å². The zero-order valence-electron chi connectivity index (χ0n) is 19.2. The molecule has 0 radical (unpaired) electrons. The third-order valence-electron chi connectivity index (χ3n) is 6.00. The molecule has 0 aliphatic carbocycles. The molecule has 7 heteroatoms. The predicted molar refractivity (Wildman–Crippen MR) is 132 cm³/mol. The lowest BCUT2D eigenvalue weighted by molar-refractivity contribution is 0.0734. The van der Waals surface area contributed by atoms with Gasteiger partial charge in [-0.3, -0.25) is 4.79 Å². The van der Waals surface area contributed by atoms with Gasteiger partial charge in [0, 0.05) is 36.6 Å². The average molecular weight is 472 g/mol. The van der Waals surface area contributed by atoms with Crippen LogP contribution in [-0.2, 0) is 19.4 Å². The number of aryl methyl sites for hydroxylation is 1. The number of ether oxygens (including phenoxy) is 2. The topological polar surface area (TPSA) is 64.6 Å². The Morgan fingerprint density at radius 3 is 2.76 bits per heavy atom. The highest BCUT2D eigenvalue weighted by Gasteiger charge is 2.22. The Hall–Kier alpha value is -3.71. The molecule has 0 saturated heterocycles. The predicted octanol–water partition coefficient (Wildman–Crippen LogP) is 5.44. The number of benzene rings is 3. The zero-order chi connectivity index (χ0) is 23.5. The molecule has 5 rings (SSSR count). The van der Waals surface area contributed by atoms with E-state index < -0.39 is 0 Å². The van der Waals surface area contributed by atoms with E-state index in [0.717, 1.165) is 23.3 Å². The number of carbonyl (C=O) groups excluding carboxylic acids is 1. The van der Waals surface area contributed by atoms with Crippen molar-refractivity contribution in [3.63, 3.8) is 0 Å². The van der Waals surface area contributed by atoms with Crippen LogP contribution in [0.15, 0.2) is 66.7 Å². The second kappa shape index (κ2) is 9.65. The number of carbonyl (C=O) groups is 1. The summed E-state index contributed by atoms with van der Waals surface area (Å²) in [5, 5.41) is 0.456. The minimum atomic E-state index is 0.00957. The van der Waals surface area contributed by atoms with E-state index in [1.807, 2.05) is 54.3 Å². The molecule has 3 aromatic carbocycles. The van der Waals surface area contributed by atoms with Gasteiger partial charge in [-0.05, 0) is 59.9 Å². The van der Waals surface area contributed by atoms with Crippen LogP contribution in [0.2, 0.25) is 0 Å². The minimum Gasteiger partial charge on any atom is -0.497 e. The molecular formula is C27H25N3O3S. The average Bonchev–Trinajstić information content (AvgIpc) is 3.31. The van der Waals surface area contributed by atoms with Gasteiger partial charge in [0.1, 0.15) is 11.5 Å². The molecule has 0 bridgehead atoms. The monoisotopic (exact) mass is 471 g/mol. The van der Waals surface area contributed by atoms with Gasteiger partial charge in [0.05, 0.1) is 7.11 Å². The first kappa shape index (κ1) is 22.1. The number of fused-ring (bicyclic) bond motifs is 1. The molecule has 2 heterocycles. The largest absolute Gasteiger partial charge is 0.497 e. The van der Waals surface area contributed by atoms with E-state index in [-0.39, 0.29) is 5.91 Å². The van der Waals surface area contributed by atoms with Crippen molar-refractivity contribution in [3.8, 4) is 16.7 Å².